The zero-order valence-corrected chi connectivity index (χ0v) is 15.1. The molecule has 0 radical (unpaired) electrons. The Balaban J connectivity index is 0.00000441. The SMILES string of the molecule is CCOCCCN=C(N)NCCNC(=O)c1cccnc1.I. The van der Waals surface area contributed by atoms with Gasteiger partial charge in [-0.15, -0.1) is 24.0 Å². The third kappa shape index (κ3) is 9.50. The number of aromatic nitrogens is 1. The summed E-state index contributed by atoms with van der Waals surface area (Å²) in [6.45, 7) is 4.97. The van der Waals surface area contributed by atoms with Crippen LogP contribution >= 0.6 is 24.0 Å². The van der Waals surface area contributed by atoms with E-state index in [2.05, 4.69) is 20.6 Å². The molecule has 0 atom stereocenters. The number of hydrogen-bond acceptors (Lipinski definition) is 4. The molecule has 0 aliphatic heterocycles. The van der Waals surface area contributed by atoms with E-state index in [1.165, 1.54) is 6.20 Å². The molecule has 1 amide bonds. The molecule has 0 aliphatic rings. The standard InChI is InChI=1S/C14H23N5O2.HI/c1-2-21-10-4-7-18-14(15)19-9-8-17-13(20)12-5-3-6-16-11-12;/h3,5-6,11H,2,4,7-10H2,1H3,(H,17,20)(H3,15,18,19);1H. The summed E-state index contributed by atoms with van der Waals surface area (Å²) in [6.07, 6.45) is 3.99. The molecule has 124 valence electrons. The van der Waals surface area contributed by atoms with Crippen molar-refractivity contribution < 1.29 is 9.53 Å². The quantitative estimate of drug-likeness (QED) is 0.237. The molecule has 0 bridgehead atoms. The van der Waals surface area contributed by atoms with E-state index in [1.54, 1.807) is 18.3 Å². The molecule has 4 N–H and O–H groups in total. The van der Waals surface area contributed by atoms with Gasteiger partial charge < -0.3 is 21.1 Å². The van der Waals surface area contributed by atoms with Crippen LogP contribution in [-0.2, 0) is 4.74 Å². The number of rotatable bonds is 9. The van der Waals surface area contributed by atoms with Gasteiger partial charge in [0.25, 0.3) is 5.91 Å². The minimum absolute atomic E-state index is 0. The highest BCUT2D eigenvalue weighted by Crippen LogP contribution is 1.94. The zero-order valence-electron chi connectivity index (χ0n) is 12.7. The molecule has 0 aliphatic carbocycles. The first-order valence-electron chi connectivity index (χ1n) is 7.03. The summed E-state index contributed by atoms with van der Waals surface area (Å²) in [5.74, 6) is 0.222. The monoisotopic (exact) mass is 421 g/mol. The molecule has 1 heterocycles. The van der Waals surface area contributed by atoms with Crippen LogP contribution in [0.25, 0.3) is 0 Å². The number of hydrogen-bond donors (Lipinski definition) is 3. The zero-order chi connectivity index (χ0) is 15.3. The lowest BCUT2D eigenvalue weighted by atomic mass is 10.3. The molecule has 1 aromatic heterocycles. The van der Waals surface area contributed by atoms with Crippen LogP contribution in [0.1, 0.15) is 23.7 Å². The molecule has 0 spiro atoms. The maximum absolute atomic E-state index is 11.7. The summed E-state index contributed by atoms with van der Waals surface area (Å²) in [7, 11) is 0. The Morgan fingerprint density at radius 2 is 2.18 bits per heavy atom. The fraction of sp³-hybridized carbons (Fsp3) is 0.500. The van der Waals surface area contributed by atoms with Gasteiger partial charge in [-0.2, -0.15) is 0 Å². The highest BCUT2D eigenvalue weighted by atomic mass is 127. The van der Waals surface area contributed by atoms with Gasteiger partial charge in [0.1, 0.15) is 0 Å². The van der Waals surface area contributed by atoms with Crippen LogP contribution in [0.4, 0.5) is 0 Å². The lowest BCUT2D eigenvalue weighted by Crippen LogP contribution is -2.38. The number of halogens is 1. The Labute approximate surface area is 148 Å². The predicted molar refractivity (Wildman–Crippen MR) is 97.6 cm³/mol. The summed E-state index contributed by atoms with van der Waals surface area (Å²) in [5.41, 5.74) is 6.23. The lowest BCUT2D eigenvalue weighted by molar-refractivity contribution is 0.0954. The third-order valence-electron chi connectivity index (χ3n) is 2.57. The van der Waals surface area contributed by atoms with Crippen LogP contribution in [0, 0.1) is 0 Å². The molecule has 7 nitrogen and oxygen atoms in total. The number of nitrogens with one attached hydrogen (secondary N) is 2. The van der Waals surface area contributed by atoms with Gasteiger partial charge in [-0.1, -0.05) is 0 Å². The van der Waals surface area contributed by atoms with Crippen LogP contribution in [0.5, 0.6) is 0 Å². The van der Waals surface area contributed by atoms with Gasteiger partial charge in [0.15, 0.2) is 5.96 Å². The number of aliphatic imine (C=N–C) groups is 1. The van der Waals surface area contributed by atoms with Crippen LogP contribution in [0.15, 0.2) is 29.5 Å². The van der Waals surface area contributed by atoms with Crippen molar-refractivity contribution in [3.63, 3.8) is 0 Å². The van der Waals surface area contributed by atoms with Gasteiger partial charge in [0.2, 0.25) is 0 Å². The van der Waals surface area contributed by atoms with E-state index in [4.69, 9.17) is 10.5 Å². The van der Waals surface area contributed by atoms with Crippen molar-refractivity contribution in [3.8, 4) is 0 Å². The maximum Gasteiger partial charge on any atom is 0.252 e. The normalized spacial score (nSPS) is 10.7. The van der Waals surface area contributed by atoms with Crippen LogP contribution in [-0.4, -0.2) is 49.7 Å². The number of nitrogens with two attached hydrogens (primary N) is 1. The second-order valence-corrected chi connectivity index (χ2v) is 4.24. The fourth-order valence-electron chi connectivity index (χ4n) is 1.53. The number of guanidine groups is 1. The van der Waals surface area contributed by atoms with Crippen molar-refractivity contribution in [2.45, 2.75) is 13.3 Å². The van der Waals surface area contributed by atoms with E-state index >= 15 is 0 Å². The minimum atomic E-state index is -0.155. The highest BCUT2D eigenvalue weighted by Gasteiger charge is 2.03. The van der Waals surface area contributed by atoms with E-state index in [0.717, 1.165) is 6.42 Å². The number of ether oxygens (including phenoxy) is 1. The molecule has 1 aromatic rings. The Morgan fingerprint density at radius 1 is 1.41 bits per heavy atom. The van der Waals surface area contributed by atoms with E-state index in [9.17, 15) is 4.79 Å². The van der Waals surface area contributed by atoms with Crippen molar-refractivity contribution in [1.29, 1.82) is 0 Å². The first-order chi connectivity index (χ1) is 10.2. The number of nitrogens with zero attached hydrogens (tertiary/aromatic N) is 2. The van der Waals surface area contributed by atoms with E-state index in [0.29, 0.717) is 44.4 Å². The third-order valence-corrected chi connectivity index (χ3v) is 2.57. The van der Waals surface area contributed by atoms with E-state index in [-0.39, 0.29) is 29.9 Å². The largest absolute Gasteiger partial charge is 0.382 e. The number of carbonyl (C=O) groups is 1. The minimum Gasteiger partial charge on any atom is -0.382 e. The van der Waals surface area contributed by atoms with Crippen LogP contribution < -0.4 is 16.4 Å². The summed E-state index contributed by atoms with van der Waals surface area (Å²) < 4.78 is 5.20. The van der Waals surface area contributed by atoms with Gasteiger partial charge in [-0.3, -0.25) is 14.8 Å². The predicted octanol–water partition coefficient (Wildman–Crippen LogP) is 0.760. The number of amides is 1. The molecule has 0 saturated carbocycles. The fourth-order valence-corrected chi connectivity index (χ4v) is 1.53. The molecular weight excluding hydrogens is 397 g/mol. The van der Waals surface area contributed by atoms with Crippen molar-refractivity contribution >= 4 is 35.8 Å². The summed E-state index contributed by atoms with van der Waals surface area (Å²) in [6, 6.07) is 3.43. The maximum atomic E-state index is 11.7. The lowest BCUT2D eigenvalue weighted by Gasteiger charge is -2.07. The molecule has 0 unspecified atom stereocenters. The highest BCUT2D eigenvalue weighted by molar-refractivity contribution is 14.0. The second kappa shape index (κ2) is 13.3. The molecule has 8 heteroatoms. The van der Waals surface area contributed by atoms with Gasteiger partial charge in [0.05, 0.1) is 5.56 Å². The first-order valence-corrected chi connectivity index (χ1v) is 7.03. The van der Waals surface area contributed by atoms with E-state index < -0.39 is 0 Å². The van der Waals surface area contributed by atoms with Gasteiger partial charge in [0, 0.05) is 45.2 Å². The Morgan fingerprint density at radius 3 is 2.86 bits per heavy atom. The van der Waals surface area contributed by atoms with Crippen molar-refractivity contribution in [3.05, 3.63) is 30.1 Å². The van der Waals surface area contributed by atoms with Gasteiger partial charge in [-0.05, 0) is 25.5 Å². The van der Waals surface area contributed by atoms with Crippen LogP contribution in [0.2, 0.25) is 0 Å². The van der Waals surface area contributed by atoms with Crippen molar-refractivity contribution in [2.24, 2.45) is 10.7 Å². The van der Waals surface area contributed by atoms with Gasteiger partial charge >= 0.3 is 0 Å². The van der Waals surface area contributed by atoms with Crippen molar-refractivity contribution in [1.82, 2.24) is 15.6 Å². The Kier molecular flexibility index (Phi) is 12.4. The molecule has 1 rings (SSSR count). The molecule has 0 aromatic carbocycles. The topological polar surface area (TPSA) is 102 Å². The number of pyridine rings is 1. The Hall–Kier alpha value is -1.42. The smallest absolute Gasteiger partial charge is 0.252 e. The molecule has 22 heavy (non-hydrogen) atoms. The Bertz CT molecular complexity index is 442. The van der Waals surface area contributed by atoms with Crippen LogP contribution in [0.3, 0.4) is 0 Å². The van der Waals surface area contributed by atoms with Crippen molar-refractivity contribution in [2.75, 3.05) is 32.8 Å². The molecule has 0 fully saturated rings. The summed E-state index contributed by atoms with van der Waals surface area (Å²) >= 11 is 0. The van der Waals surface area contributed by atoms with Gasteiger partial charge in [-0.25, -0.2) is 0 Å². The average molecular weight is 421 g/mol. The number of carbonyl (C=O) groups excluding carboxylic acids is 1. The first kappa shape index (κ1) is 20.6. The van der Waals surface area contributed by atoms with E-state index in [1.807, 2.05) is 6.92 Å². The summed E-state index contributed by atoms with van der Waals surface area (Å²) in [4.78, 5) is 19.8. The second-order valence-electron chi connectivity index (χ2n) is 4.24. The molecule has 0 saturated heterocycles. The molecular formula is C14H24IN5O2. The average Bonchev–Trinajstić information content (AvgIpc) is 2.52. The summed E-state index contributed by atoms with van der Waals surface area (Å²) in [5, 5.41) is 5.70.